The molecule has 0 spiro atoms. The van der Waals surface area contributed by atoms with Crippen molar-refractivity contribution in [3.05, 3.63) is 46.2 Å². The lowest BCUT2D eigenvalue weighted by Gasteiger charge is -2.15. The van der Waals surface area contributed by atoms with Crippen LogP contribution in [0.4, 0.5) is 0 Å². The van der Waals surface area contributed by atoms with Gasteiger partial charge < -0.3 is 10.6 Å². The number of carbonyl (C=O) groups is 1. The Kier molecular flexibility index (Phi) is 4.52. The molecule has 1 aliphatic heterocycles. The van der Waals surface area contributed by atoms with E-state index >= 15 is 0 Å². The van der Waals surface area contributed by atoms with Gasteiger partial charge in [0, 0.05) is 35.4 Å². The van der Waals surface area contributed by atoms with Crippen LogP contribution in [-0.2, 0) is 12.8 Å². The molecule has 6 heteroatoms. The summed E-state index contributed by atoms with van der Waals surface area (Å²) in [4.78, 5) is 14.9. The van der Waals surface area contributed by atoms with Gasteiger partial charge in [-0.15, -0.1) is 0 Å². The number of fused-ring (bicyclic) bond motifs is 1. The van der Waals surface area contributed by atoms with Crippen molar-refractivity contribution in [1.82, 2.24) is 14.7 Å². The number of carbonyl (C=O) groups excluding carboxylic acids is 1. The van der Waals surface area contributed by atoms with Crippen LogP contribution in [0.25, 0.3) is 5.69 Å². The molecule has 2 aromatic rings. The maximum absolute atomic E-state index is 13.0. The van der Waals surface area contributed by atoms with E-state index < -0.39 is 0 Å². The summed E-state index contributed by atoms with van der Waals surface area (Å²) in [7, 11) is 0. The number of benzene rings is 1. The van der Waals surface area contributed by atoms with E-state index in [0.29, 0.717) is 17.3 Å². The van der Waals surface area contributed by atoms with Gasteiger partial charge in [0.15, 0.2) is 5.69 Å². The molecule has 1 atom stereocenters. The molecule has 1 amide bonds. The van der Waals surface area contributed by atoms with Gasteiger partial charge in [0.1, 0.15) is 0 Å². The van der Waals surface area contributed by atoms with Crippen LogP contribution in [0.1, 0.15) is 47.4 Å². The highest BCUT2D eigenvalue weighted by Crippen LogP contribution is 2.28. The van der Waals surface area contributed by atoms with Crippen LogP contribution >= 0.6 is 11.6 Å². The minimum absolute atomic E-state index is 0.0267. The maximum Gasteiger partial charge on any atom is 0.274 e. The van der Waals surface area contributed by atoms with E-state index in [9.17, 15) is 4.79 Å². The van der Waals surface area contributed by atoms with Gasteiger partial charge in [0.2, 0.25) is 0 Å². The van der Waals surface area contributed by atoms with Crippen molar-refractivity contribution in [2.75, 3.05) is 13.1 Å². The lowest BCUT2D eigenvalue weighted by Crippen LogP contribution is -2.32. The molecule has 0 bridgehead atoms. The maximum atomic E-state index is 13.0. The molecule has 1 aromatic carbocycles. The molecular formula is C19H23ClN4O. The monoisotopic (exact) mass is 358 g/mol. The number of halogens is 1. The topological polar surface area (TPSA) is 64.2 Å². The highest BCUT2D eigenvalue weighted by atomic mass is 35.5. The Morgan fingerprint density at radius 2 is 1.92 bits per heavy atom. The SMILES string of the molecule is N[C@@H]1CCN(C(=O)c2nn(-c3ccc(Cl)cc3)c3c2CCCCC3)C1. The molecule has 2 N–H and O–H groups in total. The second kappa shape index (κ2) is 6.81. The fourth-order valence-electron chi connectivity index (χ4n) is 3.86. The van der Waals surface area contributed by atoms with Crippen LogP contribution in [0.15, 0.2) is 24.3 Å². The summed E-state index contributed by atoms with van der Waals surface area (Å²) in [6.45, 7) is 1.35. The average molecular weight is 359 g/mol. The molecule has 4 rings (SSSR count). The third-order valence-corrected chi connectivity index (χ3v) is 5.47. The molecule has 2 heterocycles. The number of likely N-dealkylation sites (tertiary alicyclic amines) is 1. The van der Waals surface area contributed by atoms with E-state index in [0.717, 1.165) is 49.9 Å². The average Bonchev–Trinajstić information content (AvgIpc) is 3.11. The number of nitrogens with zero attached hydrogens (tertiary/aromatic N) is 3. The molecule has 1 aromatic heterocycles. The van der Waals surface area contributed by atoms with Crippen molar-refractivity contribution in [3.8, 4) is 5.69 Å². The van der Waals surface area contributed by atoms with Crippen LogP contribution in [0, 0.1) is 0 Å². The number of hydrogen-bond acceptors (Lipinski definition) is 3. The highest BCUT2D eigenvalue weighted by molar-refractivity contribution is 6.30. The molecule has 1 fully saturated rings. The molecular weight excluding hydrogens is 336 g/mol. The Balaban J connectivity index is 1.76. The third-order valence-electron chi connectivity index (χ3n) is 5.22. The number of rotatable bonds is 2. The van der Waals surface area contributed by atoms with Crippen molar-refractivity contribution >= 4 is 17.5 Å². The number of hydrogen-bond donors (Lipinski definition) is 1. The van der Waals surface area contributed by atoms with E-state index in [2.05, 4.69) is 0 Å². The van der Waals surface area contributed by atoms with Crippen LogP contribution in [0.3, 0.4) is 0 Å². The fraction of sp³-hybridized carbons (Fsp3) is 0.474. The summed E-state index contributed by atoms with van der Waals surface area (Å²) in [6, 6.07) is 7.73. The summed E-state index contributed by atoms with van der Waals surface area (Å²) in [6.07, 6.45) is 6.18. The van der Waals surface area contributed by atoms with Gasteiger partial charge in [-0.25, -0.2) is 4.68 Å². The zero-order chi connectivity index (χ0) is 17.4. The van der Waals surface area contributed by atoms with Crippen molar-refractivity contribution < 1.29 is 4.79 Å². The predicted octanol–water partition coefficient (Wildman–Crippen LogP) is 2.97. The second-order valence-electron chi connectivity index (χ2n) is 7.02. The summed E-state index contributed by atoms with van der Waals surface area (Å²) in [5.41, 5.74) is 9.85. The first kappa shape index (κ1) is 16.6. The largest absolute Gasteiger partial charge is 0.336 e. The van der Waals surface area contributed by atoms with Gasteiger partial charge in [-0.2, -0.15) is 5.10 Å². The van der Waals surface area contributed by atoms with Gasteiger partial charge in [0.05, 0.1) is 5.69 Å². The van der Waals surface area contributed by atoms with Crippen LogP contribution in [0.2, 0.25) is 5.02 Å². The van der Waals surface area contributed by atoms with E-state index in [1.54, 1.807) is 0 Å². The first-order chi connectivity index (χ1) is 12.1. The zero-order valence-corrected chi connectivity index (χ0v) is 15.0. The highest BCUT2D eigenvalue weighted by Gasteiger charge is 2.31. The number of amides is 1. The summed E-state index contributed by atoms with van der Waals surface area (Å²) < 4.78 is 1.94. The number of aromatic nitrogens is 2. The van der Waals surface area contributed by atoms with E-state index in [1.807, 2.05) is 33.8 Å². The van der Waals surface area contributed by atoms with Crippen LogP contribution in [-0.4, -0.2) is 39.7 Å². The van der Waals surface area contributed by atoms with Gasteiger partial charge in [-0.1, -0.05) is 18.0 Å². The molecule has 132 valence electrons. The fourth-order valence-corrected chi connectivity index (χ4v) is 3.99. The second-order valence-corrected chi connectivity index (χ2v) is 7.46. The molecule has 25 heavy (non-hydrogen) atoms. The van der Waals surface area contributed by atoms with Crippen molar-refractivity contribution in [3.63, 3.8) is 0 Å². The minimum Gasteiger partial charge on any atom is -0.336 e. The van der Waals surface area contributed by atoms with Crippen LogP contribution in [0.5, 0.6) is 0 Å². The Morgan fingerprint density at radius 1 is 1.16 bits per heavy atom. The lowest BCUT2D eigenvalue weighted by atomic mass is 10.1. The molecule has 0 unspecified atom stereocenters. The summed E-state index contributed by atoms with van der Waals surface area (Å²) >= 11 is 6.02. The molecule has 5 nitrogen and oxygen atoms in total. The summed E-state index contributed by atoms with van der Waals surface area (Å²) in [5, 5.41) is 5.44. The lowest BCUT2D eigenvalue weighted by molar-refractivity contribution is 0.0783. The van der Waals surface area contributed by atoms with E-state index in [-0.39, 0.29) is 11.9 Å². The quantitative estimate of drug-likeness (QED) is 0.839. The normalized spacial score (nSPS) is 20.4. The van der Waals surface area contributed by atoms with Crippen molar-refractivity contribution in [1.29, 1.82) is 0 Å². The molecule has 2 aliphatic rings. The van der Waals surface area contributed by atoms with Gasteiger partial charge >= 0.3 is 0 Å². The van der Waals surface area contributed by atoms with Gasteiger partial charge in [-0.05, 0) is 56.4 Å². The smallest absolute Gasteiger partial charge is 0.274 e. The van der Waals surface area contributed by atoms with Crippen LogP contribution < -0.4 is 5.73 Å². The standard InChI is InChI=1S/C19H23ClN4O/c20-13-6-8-15(9-7-13)24-17-5-3-1-2-4-16(17)18(22-24)19(25)23-11-10-14(21)12-23/h6-9,14H,1-5,10-12,21H2/t14-/m1/s1. The Morgan fingerprint density at radius 3 is 2.64 bits per heavy atom. The van der Waals surface area contributed by atoms with Gasteiger partial charge in [-0.3, -0.25) is 4.79 Å². The molecule has 0 saturated carbocycles. The molecule has 1 aliphatic carbocycles. The Bertz CT molecular complexity index is 783. The predicted molar refractivity (Wildman–Crippen MR) is 98.3 cm³/mol. The minimum atomic E-state index is 0.0267. The Hall–Kier alpha value is -1.85. The van der Waals surface area contributed by atoms with E-state index in [4.69, 9.17) is 22.4 Å². The number of nitrogens with two attached hydrogens (primary N) is 1. The summed E-state index contributed by atoms with van der Waals surface area (Å²) in [5.74, 6) is 0.0267. The Labute approximate surface area is 152 Å². The van der Waals surface area contributed by atoms with E-state index in [1.165, 1.54) is 12.1 Å². The molecule has 0 radical (unpaired) electrons. The third kappa shape index (κ3) is 3.18. The first-order valence-corrected chi connectivity index (χ1v) is 9.43. The molecule has 1 saturated heterocycles. The van der Waals surface area contributed by atoms with Crippen molar-refractivity contribution in [2.45, 2.75) is 44.6 Å². The zero-order valence-electron chi connectivity index (χ0n) is 14.2. The first-order valence-electron chi connectivity index (χ1n) is 9.05. The van der Waals surface area contributed by atoms with Gasteiger partial charge in [0.25, 0.3) is 5.91 Å². The van der Waals surface area contributed by atoms with Crippen molar-refractivity contribution in [2.24, 2.45) is 5.73 Å².